The van der Waals surface area contributed by atoms with Crippen molar-refractivity contribution in [2.45, 2.75) is 6.92 Å². The minimum atomic E-state index is -0.393. The van der Waals surface area contributed by atoms with Gasteiger partial charge in [-0.25, -0.2) is 0 Å². The van der Waals surface area contributed by atoms with Crippen molar-refractivity contribution in [1.82, 2.24) is 4.90 Å². The van der Waals surface area contributed by atoms with E-state index < -0.39 is 5.91 Å². The molecule has 3 rings (SSSR count). The molecular formula is C24H20Cl2N2O3. The number of hydrogen-bond acceptors (Lipinski definition) is 3. The summed E-state index contributed by atoms with van der Waals surface area (Å²) in [4.78, 5) is 39.2. The molecule has 31 heavy (non-hydrogen) atoms. The number of amides is 2. The van der Waals surface area contributed by atoms with Crippen LogP contribution in [-0.4, -0.2) is 35.6 Å². The zero-order chi connectivity index (χ0) is 22.4. The fourth-order valence-electron chi connectivity index (χ4n) is 2.99. The highest BCUT2D eigenvalue weighted by atomic mass is 35.5. The van der Waals surface area contributed by atoms with Crippen molar-refractivity contribution in [2.75, 3.05) is 18.4 Å². The van der Waals surface area contributed by atoms with Gasteiger partial charge in [0.25, 0.3) is 5.91 Å². The number of anilines is 1. The standard InChI is InChI=1S/C24H20Cl2N2O3/c1-2-28(15-22(29)27-21-14-19(25)12-13-20(21)26)24(31)18-10-8-17(9-11-18)23(30)16-6-4-3-5-7-16/h3-14H,2,15H2,1H3,(H,27,29). The van der Waals surface area contributed by atoms with Gasteiger partial charge in [-0.15, -0.1) is 0 Å². The van der Waals surface area contributed by atoms with Crippen molar-refractivity contribution < 1.29 is 14.4 Å². The van der Waals surface area contributed by atoms with Gasteiger partial charge in [-0.05, 0) is 37.3 Å². The van der Waals surface area contributed by atoms with E-state index in [0.717, 1.165) is 0 Å². The van der Waals surface area contributed by atoms with Crippen LogP contribution in [0.5, 0.6) is 0 Å². The van der Waals surface area contributed by atoms with Crippen molar-refractivity contribution in [3.63, 3.8) is 0 Å². The first-order valence-corrected chi connectivity index (χ1v) is 10.4. The number of rotatable bonds is 7. The topological polar surface area (TPSA) is 66.5 Å². The Kier molecular flexibility index (Phi) is 7.45. The molecule has 0 aliphatic heterocycles. The fourth-order valence-corrected chi connectivity index (χ4v) is 3.32. The normalized spacial score (nSPS) is 10.4. The molecule has 3 aromatic carbocycles. The lowest BCUT2D eigenvalue weighted by Gasteiger charge is -2.21. The van der Waals surface area contributed by atoms with Crippen LogP contribution < -0.4 is 5.32 Å². The maximum atomic E-state index is 12.8. The van der Waals surface area contributed by atoms with Gasteiger partial charge in [0, 0.05) is 28.3 Å². The van der Waals surface area contributed by atoms with Crippen LogP contribution in [0.15, 0.2) is 72.8 Å². The van der Waals surface area contributed by atoms with Crippen molar-refractivity contribution in [3.8, 4) is 0 Å². The molecular weight excluding hydrogens is 435 g/mol. The van der Waals surface area contributed by atoms with E-state index in [-0.39, 0.29) is 18.2 Å². The molecule has 0 unspecified atom stereocenters. The average Bonchev–Trinajstić information content (AvgIpc) is 2.79. The molecule has 0 saturated carbocycles. The quantitative estimate of drug-likeness (QED) is 0.490. The third kappa shape index (κ3) is 5.72. The van der Waals surface area contributed by atoms with E-state index >= 15 is 0 Å². The molecule has 0 radical (unpaired) electrons. The third-order valence-electron chi connectivity index (χ3n) is 4.64. The summed E-state index contributed by atoms with van der Waals surface area (Å²) in [6.07, 6.45) is 0. The highest BCUT2D eigenvalue weighted by Crippen LogP contribution is 2.25. The molecule has 158 valence electrons. The predicted octanol–water partition coefficient (Wildman–Crippen LogP) is 5.33. The van der Waals surface area contributed by atoms with E-state index in [1.165, 1.54) is 4.90 Å². The molecule has 7 heteroatoms. The zero-order valence-corrected chi connectivity index (χ0v) is 18.3. The molecule has 0 spiro atoms. The van der Waals surface area contributed by atoms with Crippen molar-refractivity contribution in [3.05, 3.63) is 99.5 Å². The van der Waals surface area contributed by atoms with Crippen molar-refractivity contribution in [1.29, 1.82) is 0 Å². The SMILES string of the molecule is CCN(CC(=O)Nc1cc(Cl)ccc1Cl)C(=O)c1ccc(C(=O)c2ccccc2)cc1. The highest BCUT2D eigenvalue weighted by Gasteiger charge is 2.19. The Morgan fingerprint density at radius 3 is 2.10 bits per heavy atom. The predicted molar refractivity (Wildman–Crippen MR) is 123 cm³/mol. The molecule has 0 aromatic heterocycles. The molecule has 0 heterocycles. The Morgan fingerprint density at radius 1 is 0.839 bits per heavy atom. The lowest BCUT2D eigenvalue weighted by Crippen LogP contribution is -2.37. The molecule has 1 N–H and O–H groups in total. The smallest absolute Gasteiger partial charge is 0.254 e. The summed E-state index contributed by atoms with van der Waals surface area (Å²) < 4.78 is 0. The second-order valence-electron chi connectivity index (χ2n) is 6.76. The van der Waals surface area contributed by atoms with Crippen LogP contribution in [0.25, 0.3) is 0 Å². The number of halogens is 2. The summed E-state index contributed by atoms with van der Waals surface area (Å²) in [6.45, 7) is 1.97. The zero-order valence-electron chi connectivity index (χ0n) is 16.8. The molecule has 2 amide bonds. The Balaban J connectivity index is 1.68. The van der Waals surface area contributed by atoms with E-state index in [4.69, 9.17) is 23.2 Å². The average molecular weight is 455 g/mol. The third-order valence-corrected chi connectivity index (χ3v) is 5.20. The van der Waals surface area contributed by atoms with Crippen LogP contribution in [0.1, 0.15) is 33.2 Å². The second-order valence-corrected chi connectivity index (χ2v) is 7.61. The highest BCUT2D eigenvalue weighted by molar-refractivity contribution is 6.35. The number of nitrogens with one attached hydrogen (secondary N) is 1. The van der Waals surface area contributed by atoms with E-state index in [1.54, 1.807) is 73.7 Å². The number of nitrogens with zero attached hydrogens (tertiary/aromatic N) is 1. The number of carbonyl (C=O) groups excluding carboxylic acids is 3. The summed E-state index contributed by atoms with van der Waals surface area (Å²) in [5, 5.41) is 3.46. The molecule has 3 aromatic rings. The number of likely N-dealkylation sites (N-methyl/N-ethyl adjacent to an activating group) is 1. The first-order chi connectivity index (χ1) is 14.9. The Hall–Kier alpha value is -3.15. The molecule has 0 aliphatic rings. The van der Waals surface area contributed by atoms with Gasteiger partial charge >= 0.3 is 0 Å². The van der Waals surface area contributed by atoms with Gasteiger partial charge in [-0.2, -0.15) is 0 Å². The summed E-state index contributed by atoms with van der Waals surface area (Å²) in [6, 6.07) is 20.1. The first kappa shape index (κ1) is 22.5. The van der Waals surface area contributed by atoms with Crippen LogP contribution in [0.4, 0.5) is 5.69 Å². The summed E-state index contributed by atoms with van der Waals surface area (Å²) in [5.74, 6) is -0.825. The van der Waals surface area contributed by atoms with Gasteiger partial charge in [0.15, 0.2) is 5.78 Å². The lowest BCUT2D eigenvalue weighted by atomic mass is 10.0. The molecule has 0 bridgehead atoms. The summed E-state index contributed by atoms with van der Waals surface area (Å²) in [5.41, 5.74) is 1.83. The number of hydrogen-bond donors (Lipinski definition) is 1. The summed E-state index contributed by atoms with van der Waals surface area (Å²) >= 11 is 12.0. The molecule has 0 atom stereocenters. The van der Waals surface area contributed by atoms with Gasteiger partial charge < -0.3 is 10.2 Å². The van der Waals surface area contributed by atoms with Gasteiger partial charge in [-0.3, -0.25) is 14.4 Å². The van der Waals surface area contributed by atoms with Gasteiger partial charge in [0.1, 0.15) is 6.54 Å². The molecule has 5 nitrogen and oxygen atoms in total. The number of benzene rings is 3. The number of ketones is 1. The largest absolute Gasteiger partial charge is 0.330 e. The Morgan fingerprint density at radius 2 is 1.45 bits per heavy atom. The van der Waals surface area contributed by atoms with Crippen LogP contribution in [0, 0.1) is 0 Å². The Bertz CT molecular complexity index is 1100. The lowest BCUT2D eigenvalue weighted by molar-refractivity contribution is -0.116. The van der Waals surface area contributed by atoms with Gasteiger partial charge in [0.2, 0.25) is 5.91 Å². The van der Waals surface area contributed by atoms with Crippen molar-refractivity contribution >= 4 is 46.5 Å². The first-order valence-electron chi connectivity index (χ1n) is 9.63. The maximum absolute atomic E-state index is 12.8. The van der Waals surface area contributed by atoms with Crippen LogP contribution in [0.3, 0.4) is 0 Å². The van der Waals surface area contributed by atoms with Crippen LogP contribution in [-0.2, 0) is 4.79 Å². The minimum Gasteiger partial charge on any atom is -0.330 e. The van der Waals surface area contributed by atoms with Gasteiger partial charge in [0.05, 0.1) is 10.7 Å². The van der Waals surface area contributed by atoms with Crippen LogP contribution >= 0.6 is 23.2 Å². The van der Waals surface area contributed by atoms with E-state index in [1.807, 2.05) is 6.07 Å². The molecule has 0 aliphatic carbocycles. The van der Waals surface area contributed by atoms with E-state index in [0.29, 0.717) is 39.0 Å². The minimum absolute atomic E-state index is 0.121. The van der Waals surface area contributed by atoms with Gasteiger partial charge in [-0.1, -0.05) is 65.7 Å². The van der Waals surface area contributed by atoms with E-state index in [2.05, 4.69) is 5.32 Å². The van der Waals surface area contributed by atoms with Crippen LogP contribution in [0.2, 0.25) is 10.0 Å². The molecule has 0 saturated heterocycles. The maximum Gasteiger partial charge on any atom is 0.254 e. The molecule has 0 fully saturated rings. The second kappa shape index (κ2) is 10.2. The summed E-state index contributed by atoms with van der Waals surface area (Å²) in [7, 11) is 0. The van der Waals surface area contributed by atoms with Crippen molar-refractivity contribution in [2.24, 2.45) is 0 Å². The Labute approximate surface area is 190 Å². The van der Waals surface area contributed by atoms with E-state index in [9.17, 15) is 14.4 Å². The monoisotopic (exact) mass is 454 g/mol. The fraction of sp³-hybridized carbons (Fsp3) is 0.125. The number of carbonyl (C=O) groups is 3.